The Bertz CT molecular complexity index is 249. The molecule has 0 saturated carbocycles. The number of nitrogens with two attached hydrogens (primary N) is 1. The first-order valence-corrected chi connectivity index (χ1v) is 6.04. The van der Waals surface area contributed by atoms with Crippen LogP contribution in [0.3, 0.4) is 0 Å². The van der Waals surface area contributed by atoms with E-state index in [1.807, 2.05) is 6.92 Å². The van der Waals surface area contributed by atoms with E-state index in [9.17, 15) is 0 Å². The summed E-state index contributed by atoms with van der Waals surface area (Å²) in [6.45, 7) is 2.00. The Morgan fingerprint density at radius 1 is 1.46 bits per heavy atom. The molecule has 0 fully saturated rings. The van der Waals surface area contributed by atoms with Gasteiger partial charge in [-0.2, -0.15) is 0 Å². The summed E-state index contributed by atoms with van der Waals surface area (Å²) in [7, 11) is 0. The molecule has 13 heavy (non-hydrogen) atoms. The number of rotatable bonds is 4. The molecule has 1 heterocycles. The van der Waals surface area contributed by atoms with Crippen LogP contribution in [-0.4, -0.2) is 6.04 Å². The minimum absolute atomic E-state index is 0.199. The molecule has 1 nitrogen and oxygen atoms in total. The van der Waals surface area contributed by atoms with Crippen molar-refractivity contribution >= 4 is 34.5 Å². The highest BCUT2D eigenvalue weighted by Gasteiger charge is 2.08. The molecule has 0 radical (unpaired) electrons. The second kappa shape index (κ2) is 5.20. The third-order valence-corrected chi connectivity index (χ3v) is 3.65. The molecule has 0 spiro atoms. The molecule has 0 aliphatic rings. The standard InChI is InChI=1S/C9H13Cl2NS/c1-6(12)2-8-3-7(4-10)9(5-11)13-8/h3,6H,2,4-5,12H2,1H3. The van der Waals surface area contributed by atoms with E-state index in [0.29, 0.717) is 11.8 Å². The minimum atomic E-state index is 0.199. The van der Waals surface area contributed by atoms with E-state index in [0.717, 1.165) is 12.0 Å². The monoisotopic (exact) mass is 237 g/mol. The van der Waals surface area contributed by atoms with Crippen LogP contribution in [-0.2, 0) is 18.2 Å². The Hall–Kier alpha value is 0.240. The fourth-order valence-electron chi connectivity index (χ4n) is 1.17. The van der Waals surface area contributed by atoms with Gasteiger partial charge in [0.05, 0.1) is 5.88 Å². The van der Waals surface area contributed by atoms with E-state index in [2.05, 4.69) is 6.07 Å². The SMILES string of the molecule is CC(N)Cc1cc(CCl)c(CCl)s1. The smallest absolute Gasteiger partial charge is 0.0571 e. The predicted molar refractivity (Wildman–Crippen MR) is 60.8 cm³/mol. The Labute approximate surface area is 92.8 Å². The quantitative estimate of drug-likeness (QED) is 0.801. The fraction of sp³-hybridized carbons (Fsp3) is 0.556. The third-order valence-electron chi connectivity index (χ3n) is 1.74. The van der Waals surface area contributed by atoms with E-state index in [1.54, 1.807) is 11.3 Å². The first-order chi connectivity index (χ1) is 6.17. The van der Waals surface area contributed by atoms with Crippen LogP contribution in [0.2, 0.25) is 0 Å². The van der Waals surface area contributed by atoms with Crippen LogP contribution >= 0.6 is 34.5 Å². The van der Waals surface area contributed by atoms with Gasteiger partial charge in [-0.05, 0) is 25.0 Å². The second-order valence-corrected chi connectivity index (χ2v) is 4.87. The third kappa shape index (κ3) is 3.13. The lowest BCUT2D eigenvalue weighted by Crippen LogP contribution is -2.16. The highest BCUT2D eigenvalue weighted by Crippen LogP contribution is 2.26. The van der Waals surface area contributed by atoms with Crippen molar-refractivity contribution in [1.29, 1.82) is 0 Å². The van der Waals surface area contributed by atoms with Crippen LogP contribution in [0.4, 0.5) is 0 Å². The fourth-order valence-corrected chi connectivity index (χ4v) is 3.01. The Kier molecular flexibility index (Phi) is 4.53. The van der Waals surface area contributed by atoms with Gasteiger partial charge in [0, 0.05) is 21.7 Å². The summed E-state index contributed by atoms with van der Waals surface area (Å²) in [5.41, 5.74) is 6.86. The molecule has 1 aromatic heterocycles. The summed E-state index contributed by atoms with van der Waals surface area (Å²) in [5.74, 6) is 1.09. The summed E-state index contributed by atoms with van der Waals surface area (Å²) in [4.78, 5) is 2.45. The number of hydrogen-bond donors (Lipinski definition) is 1. The Balaban J connectivity index is 2.80. The highest BCUT2D eigenvalue weighted by molar-refractivity contribution is 7.12. The van der Waals surface area contributed by atoms with Crippen molar-refractivity contribution in [2.24, 2.45) is 5.73 Å². The zero-order chi connectivity index (χ0) is 9.84. The maximum Gasteiger partial charge on any atom is 0.0571 e. The maximum absolute atomic E-state index is 5.78. The average molecular weight is 238 g/mol. The number of alkyl halides is 2. The van der Waals surface area contributed by atoms with Gasteiger partial charge in [0.2, 0.25) is 0 Å². The summed E-state index contributed by atoms with van der Waals surface area (Å²) in [6.07, 6.45) is 0.908. The first kappa shape index (κ1) is 11.3. The molecule has 2 N–H and O–H groups in total. The molecule has 1 aromatic rings. The lowest BCUT2D eigenvalue weighted by atomic mass is 10.2. The Morgan fingerprint density at radius 2 is 2.15 bits per heavy atom. The molecular weight excluding hydrogens is 225 g/mol. The molecule has 0 aliphatic heterocycles. The Morgan fingerprint density at radius 3 is 2.54 bits per heavy atom. The van der Waals surface area contributed by atoms with E-state index in [1.165, 1.54) is 9.75 Å². The number of thiophene rings is 1. The van der Waals surface area contributed by atoms with Gasteiger partial charge in [-0.25, -0.2) is 0 Å². The molecular formula is C9H13Cl2NS. The van der Waals surface area contributed by atoms with Crippen molar-refractivity contribution in [2.45, 2.75) is 31.1 Å². The lowest BCUT2D eigenvalue weighted by Gasteiger charge is -1.99. The van der Waals surface area contributed by atoms with Crippen molar-refractivity contribution in [3.63, 3.8) is 0 Å². The van der Waals surface area contributed by atoms with Crippen molar-refractivity contribution in [3.8, 4) is 0 Å². The number of halogens is 2. The second-order valence-electron chi connectivity index (χ2n) is 3.11. The van der Waals surface area contributed by atoms with Gasteiger partial charge in [-0.3, -0.25) is 0 Å². The van der Waals surface area contributed by atoms with Crippen molar-refractivity contribution in [1.82, 2.24) is 0 Å². The van der Waals surface area contributed by atoms with Crippen LogP contribution in [0.5, 0.6) is 0 Å². The summed E-state index contributed by atoms with van der Waals surface area (Å²) >= 11 is 13.3. The normalized spacial score (nSPS) is 13.2. The average Bonchev–Trinajstić information content (AvgIpc) is 2.45. The first-order valence-electron chi connectivity index (χ1n) is 4.15. The van der Waals surface area contributed by atoms with Gasteiger partial charge in [-0.15, -0.1) is 34.5 Å². The van der Waals surface area contributed by atoms with Crippen LogP contribution < -0.4 is 5.73 Å². The summed E-state index contributed by atoms with van der Waals surface area (Å²) < 4.78 is 0. The molecule has 1 rings (SSSR count). The molecule has 0 aromatic carbocycles. The van der Waals surface area contributed by atoms with Crippen LogP contribution in [0, 0.1) is 0 Å². The molecule has 0 saturated heterocycles. The molecule has 4 heteroatoms. The molecule has 0 amide bonds. The zero-order valence-corrected chi connectivity index (χ0v) is 9.85. The zero-order valence-electron chi connectivity index (χ0n) is 7.52. The van der Waals surface area contributed by atoms with E-state index < -0.39 is 0 Å². The topological polar surface area (TPSA) is 26.0 Å². The van der Waals surface area contributed by atoms with Crippen LogP contribution in [0.15, 0.2) is 6.07 Å². The molecule has 1 atom stereocenters. The van der Waals surface area contributed by atoms with Crippen LogP contribution in [0.25, 0.3) is 0 Å². The van der Waals surface area contributed by atoms with Crippen molar-refractivity contribution in [2.75, 3.05) is 0 Å². The molecule has 74 valence electrons. The summed E-state index contributed by atoms with van der Waals surface area (Å²) in [6, 6.07) is 2.31. The minimum Gasteiger partial charge on any atom is -0.328 e. The molecule has 0 bridgehead atoms. The molecule has 0 aliphatic carbocycles. The van der Waals surface area contributed by atoms with E-state index in [4.69, 9.17) is 28.9 Å². The largest absolute Gasteiger partial charge is 0.328 e. The predicted octanol–water partition coefficient (Wildman–Crippen LogP) is 3.12. The van der Waals surface area contributed by atoms with E-state index in [-0.39, 0.29) is 6.04 Å². The molecule has 1 unspecified atom stereocenters. The van der Waals surface area contributed by atoms with E-state index >= 15 is 0 Å². The number of hydrogen-bond acceptors (Lipinski definition) is 2. The van der Waals surface area contributed by atoms with Gasteiger partial charge in [0.1, 0.15) is 0 Å². The van der Waals surface area contributed by atoms with Gasteiger partial charge < -0.3 is 5.73 Å². The lowest BCUT2D eigenvalue weighted by molar-refractivity contribution is 0.746. The van der Waals surface area contributed by atoms with Crippen molar-refractivity contribution < 1.29 is 0 Å². The maximum atomic E-state index is 5.78. The summed E-state index contributed by atoms with van der Waals surface area (Å²) in [5, 5.41) is 0. The van der Waals surface area contributed by atoms with Gasteiger partial charge >= 0.3 is 0 Å². The van der Waals surface area contributed by atoms with Gasteiger partial charge in [0.25, 0.3) is 0 Å². The van der Waals surface area contributed by atoms with Crippen LogP contribution in [0.1, 0.15) is 22.2 Å². The van der Waals surface area contributed by atoms with Gasteiger partial charge in [0.15, 0.2) is 0 Å². The highest BCUT2D eigenvalue weighted by atomic mass is 35.5. The van der Waals surface area contributed by atoms with Gasteiger partial charge in [-0.1, -0.05) is 0 Å². The van der Waals surface area contributed by atoms with Crippen molar-refractivity contribution in [3.05, 3.63) is 21.4 Å².